The van der Waals surface area contributed by atoms with Crippen molar-refractivity contribution in [3.63, 3.8) is 0 Å². The molecule has 1 aromatic rings. The molecule has 2 amide bonds. The molecule has 4 atom stereocenters. The number of rotatable bonds is 4. The smallest absolute Gasteiger partial charge is 0.411 e. The molecule has 0 aliphatic carbocycles. The van der Waals surface area contributed by atoms with Gasteiger partial charge in [-0.05, 0) is 61.0 Å². The van der Waals surface area contributed by atoms with E-state index in [1.54, 1.807) is 48.5 Å². The third kappa shape index (κ3) is 10.8. The van der Waals surface area contributed by atoms with Gasteiger partial charge in [-0.25, -0.2) is 19.2 Å². The van der Waals surface area contributed by atoms with E-state index in [4.69, 9.17) is 19.3 Å². The zero-order valence-corrected chi connectivity index (χ0v) is 25.2. The van der Waals surface area contributed by atoms with Gasteiger partial charge in [0.25, 0.3) is 0 Å². The third-order valence-corrected chi connectivity index (χ3v) is 6.08. The van der Waals surface area contributed by atoms with Crippen LogP contribution in [0.25, 0.3) is 0 Å². The Morgan fingerprint density at radius 3 is 1.63 bits per heavy atom. The number of carbonyl (C=O) groups excluding carboxylic acids is 3. The van der Waals surface area contributed by atoms with Gasteiger partial charge in [0, 0.05) is 12.8 Å². The summed E-state index contributed by atoms with van der Waals surface area (Å²) in [5.41, 5.74) is -2.83. The Hall–Kier alpha value is -3.38. The minimum Gasteiger partial charge on any atom is -0.480 e. The van der Waals surface area contributed by atoms with Gasteiger partial charge in [-0.15, -0.1) is 0 Å². The van der Waals surface area contributed by atoms with Crippen LogP contribution >= 0.6 is 0 Å². The van der Waals surface area contributed by atoms with E-state index >= 15 is 0 Å². The molecule has 3 N–H and O–H groups in total. The number of carboxylic acids is 1. The van der Waals surface area contributed by atoms with E-state index in [1.807, 2.05) is 30.3 Å². The molecule has 12 nitrogen and oxygen atoms in total. The lowest BCUT2D eigenvalue weighted by molar-refractivity contribution is -0.150. The van der Waals surface area contributed by atoms with E-state index in [0.29, 0.717) is 0 Å². The number of carbonyl (C=O) groups is 4. The fourth-order valence-electron chi connectivity index (χ4n) is 4.42. The predicted molar refractivity (Wildman–Crippen MR) is 148 cm³/mol. The second-order valence-electron chi connectivity index (χ2n) is 13.1. The van der Waals surface area contributed by atoms with Crippen LogP contribution in [0, 0.1) is 0 Å². The highest BCUT2D eigenvalue weighted by Crippen LogP contribution is 2.30. The fourth-order valence-corrected chi connectivity index (χ4v) is 4.42. The molecule has 0 saturated carbocycles. The third-order valence-electron chi connectivity index (χ3n) is 6.08. The SMILES string of the molecule is CC1(O)C[C@@H](C(=O)O)N(C(=O)OC(C)(C)C)C1.CC1(O)C[C@@H](C(=O)OCc2ccccc2)N(C(=O)OC(C)(C)C)C1. The van der Waals surface area contributed by atoms with Gasteiger partial charge in [0.05, 0.1) is 24.3 Å². The number of hydrogen-bond donors (Lipinski definition) is 3. The van der Waals surface area contributed by atoms with Crippen LogP contribution in [0.15, 0.2) is 30.3 Å². The summed E-state index contributed by atoms with van der Waals surface area (Å²) in [6, 6.07) is 7.42. The highest BCUT2D eigenvalue weighted by Gasteiger charge is 2.48. The molecule has 2 fully saturated rings. The zero-order chi connectivity index (χ0) is 31.4. The van der Waals surface area contributed by atoms with Crippen molar-refractivity contribution in [2.75, 3.05) is 13.1 Å². The lowest BCUT2D eigenvalue weighted by Crippen LogP contribution is -2.44. The zero-order valence-electron chi connectivity index (χ0n) is 25.2. The summed E-state index contributed by atoms with van der Waals surface area (Å²) in [5, 5.41) is 29.1. The molecule has 0 spiro atoms. The van der Waals surface area contributed by atoms with E-state index in [1.165, 1.54) is 11.8 Å². The van der Waals surface area contributed by atoms with E-state index in [9.17, 15) is 29.4 Å². The minimum absolute atomic E-state index is 0.0155. The summed E-state index contributed by atoms with van der Waals surface area (Å²) in [6.45, 7) is 13.6. The van der Waals surface area contributed by atoms with Crippen LogP contribution in [0.4, 0.5) is 9.59 Å². The van der Waals surface area contributed by atoms with Crippen molar-refractivity contribution in [3.8, 4) is 0 Å². The molecule has 0 bridgehead atoms. The number of β-amino-alcohol motifs (C(OH)–C–C–N with tert-alkyl or cyclic N) is 2. The normalized spacial score (nSPS) is 26.1. The number of benzene rings is 1. The number of hydrogen-bond acceptors (Lipinski definition) is 9. The first-order chi connectivity index (χ1) is 18.6. The van der Waals surface area contributed by atoms with Gasteiger partial charge in [-0.2, -0.15) is 0 Å². The lowest BCUT2D eigenvalue weighted by atomic mass is 10.0. The molecule has 2 heterocycles. The number of nitrogens with zero attached hydrogens (tertiary/aromatic N) is 2. The van der Waals surface area contributed by atoms with Crippen molar-refractivity contribution in [2.24, 2.45) is 0 Å². The molecular weight excluding hydrogens is 536 g/mol. The summed E-state index contributed by atoms with van der Waals surface area (Å²) < 4.78 is 15.8. The van der Waals surface area contributed by atoms with Crippen molar-refractivity contribution in [2.45, 2.75) is 109 Å². The highest BCUT2D eigenvalue weighted by molar-refractivity contribution is 5.83. The molecule has 230 valence electrons. The van der Waals surface area contributed by atoms with Crippen molar-refractivity contribution in [1.82, 2.24) is 9.80 Å². The van der Waals surface area contributed by atoms with Crippen molar-refractivity contribution >= 4 is 24.1 Å². The van der Waals surface area contributed by atoms with Crippen LogP contribution in [0.2, 0.25) is 0 Å². The van der Waals surface area contributed by atoms with Crippen LogP contribution in [0.1, 0.15) is 73.8 Å². The van der Waals surface area contributed by atoms with Crippen molar-refractivity contribution in [3.05, 3.63) is 35.9 Å². The lowest BCUT2D eigenvalue weighted by Gasteiger charge is -2.27. The monoisotopic (exact) mass is 580 g/mol. The van der Waals surface area contributed by atoms with Gasteiger partial charge in [-0.3, -0.25) is 9.80 Å². The molecule has 3 rings (SSSR count). The number of carboxylic acid groups (broad SMARTS) is 1. The van der Waals surface area contributed by atoms with Crippen LogP contribution in [-0.2, 0) is 30.4 Å². The highest BCUT2D eigenvalue weighted by atomic mass is 16.6. The first kappa shape index (κ1) is 33.8. The number of esters is 1. The minimum atomic E-state index is -1.18. The molecule has 0 aromatic heterocycles. The second-order valence-corrected chi connectivity index (χ2v) is 13.1. The summed E-state index contributed by atoms with van der Waals surface area (Å²) in [4.78, 5) is 49.8. The first-order valence-corrected chi connectivity index (χ1v) is 13.5. The Bertz CT molecular complexity index is 1090. The summed E-state index contributed by atoms with van der Waals surface area (Å²) in [5.74, 6) is -1.67. The van der Waals surface area contributed by atoms with Gasteiger partial charge < -0.3 is 29.5 Å². The Morgan fingerprint density at radius 1 is 0.805 bits per heavy atom. The molecule has 0 radical (unpaired) electrons. The number of aliphatic carboxylic acids is 1. The number of ether oxygens (including phenoxy) is 3. The van der Waals surface area contributed by atoms with E-state index < -0.39 is 58.6 Å². The molecular formula is C29H44N2O10. The van der Waals surface area contributed by atoms with Gasteiger partial charge in [0.2, 0.25) is 0 Å². The largest absolute Gasteiger partial charge is 0.480 e. The van der Waals surface area contributed by atoms with Gasteiger partial charge in [0.1, 0.15) is 29.9 Å². The number of likely N-dealkylation sites (tertiary alicyclic amines) is 2. The average Bonchev–Trinajstić information content (AvgIpc) is 3.32. The number of amides is 2. The van der Waals surface area contributed by atoms with Crippen LogP contribution < -0.4 is 0 Å². The maximum atomic E-state index is 12.4. The predicted octanol–water partition coefficient (Wildman–Crippen LogP) is 3.32. The topological polar surface area (TPSA) is 163 Å². The molecule has 2 saturated heterocycles. The molecule has 1 aromatic carbocycles. The number of aliphatic hydroxyl groups is 2. The molecule has 2 aliphatic heterocycles. The summed E-state index contributed by atoms with van der Waals surface area (Å²) in [7, 11) is 0. The van der Waals surface area contributed by atoms with E-state index in [-0.39, 0.29) is 32.5 Å². The summed E-state index contributed by atoms with van der Waals surface area (Å²) in [6.07, 6.45) is -1.19. The Kier molecular flexibility index (Phi) is 10.4. The first-order valence-electron chi connectivity index (χ1n) is 13.5. The second kappa shape index (κ2) is 12.6. The fraction of sp³-hybridized carbons (Fsp3) is 0.655. The Labute approximate surface area is 241 Å². The van der Waals surface area contributed by atoms with Crippen LogP contribution in [0.5, 0.6) is 0 Å². The van der Waals surface area contributed by atoms with Crippen molar-refractivity contribution in [1.29, 1.82) is 0 Å². The standard InChI is InChI=1S/C18H25NO5.C11H19NO5/c1-17(2,3)24-16(21)19-12-18(4,22)10-14(19)15(20)23-11-13-8-6-5-7-9-13;1-10(2,3)17-9(15)12-6-11(4,16)5-7(12)8(13)14/h5-9,14,22H,10-12H2,1-4H3;7,16H,5-6H2,1-4H3,(H,13,14)/t14-,18?;7-,11?/m00/s1. The van der Waals surface area contributed by atoms with E-state index in [0.717, 1.165) is 10.5 Å². The van der Waals surface area contributed by atoms with Gasteiger partial charge >= 0.3 is 24.1 Å². The van der Waals surface area contributed by atoms with Crippen molar-refractivity contribution < 1.29 is 48.7 Å². The quantitative estimate of drug-likeness (QED) is 0.356. The molecule has 12 heteroatoms. The van der Waals surface area contributed by atoms with Gasteiger partial charge in [0.15, 0.2) is 0 Å². The maximum Gasteiger partial charge on any atom is 0.411 e. The van der Waals surface area contributed by atoms with E-state index in [2.05, 4.69) is 0 Å². The van der Waals surface area contributed by atoms with Crippen LogP contribution in [-0.4, -0.2) is 96.8 Å². The maximum absolute atomic E-state index is 12.4. The Morgan fingerprint density at radius 2 is 1.22 bits per heavy atom. The van der Waals surface area contributed by atoms with Gasteiger partial charge in [-0.1, -0.05) is 30.3 Å². The molecule has 2 unspecified atom stereocenters. The average molecular weight is 581 g/mol. The Balaban J connectivity index is 0.000000305. The summed E-state index contributed by atoms with van der Waals surface area (Å²) >= 11 is 0. The molecule has 41 heavy (non-hydrogen) atoms. The van der Waals surface area contributed by atoms with Crippen LogP contribution in [0.3, 0.4) is 0 Å². The molecule has 2 aliphatic rings.